The second-order valence-corrected chi connectivity index (χ2v) is 2.80. The number of rotatable bonds is 3. The van der Waals surface area contributed by atoms with Gasteiger partial charge in [0.15, 0.2) is 0 Å². The maximum absolute atomic E-state index is 10.3. The van der Waals surface area contributed by atoms with Crippen LogP contribution in [-0.2, 0) is 5.11 Å². The lowest BCUT2D eigenvalue weighted by Crippen LogP contribution is -2.13. The molecule has 0 aromatic heterocycles. The Morgan fingerprint density at radius 3 is 2.25 bits per heavy atom. The molecule has 0 saturated carbocycles. The lowest BCUT2D eigenvalue weighted by molar-refractivity contribution is 0.0952. The third-order valence-corrected chi connectivity index (χ3v) is 1.09. The Hall–Kier alpha value is -0.300. The Labute approximate surface area is 51.0 Å². The standard InChI is InChI=1S/C7H13O/c1-4-5-7(2,3)6-8/h4H,1,5-6H2,2-3H3. The second kappa shape index (κ2) is 2.88. The summed E-state index contributed by atoms with van der Waals surface area (Å²) in [4.78, 5) is 0. The molecule has 8 heavy (non-hydrogen) atoms. The average molecular weight is 113 g/mol. The zero-order chi connectivity index (χ0) is 6.62. The van der Waals surface area contributed by atoms with E-state index >= 15 is 0 Å². The first-order valence-corrected chi connectivity index (χ1v) is 2.81. The van der Waals surface area contributed by atoms with Crippen LogP contribution in [0.4, 0.5) is 0 Å². The van der Waals surface area contributed by atoms with Crippen LogP contribution in [0.15, 0.2) is 12.7 Å². The monoisotopic (exact) mass is 113 g/mol. The van der Waals surface area contributed by atoms with E-state index in [2.05, 4.69) is 6.58 Å². The second-order valence-electron chi connectivity index (χ2n) is 2.80. The smallest absolute Gasteiger partial charge is 0.0876 e. The maximum atomic E-state index is 10.3. The molecule has 0 spiro atoms. The van der Waals surface area contributed by atoms with Gasteiger partial charge in [-0.25, -0.2) is 5.11 Å². The van der Waals surface area contributed by atoms with Gasteiger partial charge >= 0.3 is 0 Å². The first-order chi connectivity index (χ1) is 3.62. The third-order valence-electron chi connectivity index (χ3n) is 1.09. The summed E-state index contributed by atoms with van der Waals surface area (Å²) in [5.74, 6) is 0. The predicted octanol–water partition coefficient (Wildman–Crippen LogP) is 2.02. The van der Waals surface area contributed by atoms with Gasteiger partial charge in [-0.2, -0.15) is 0 Å². The van der Waals surface area contributed by atoms with Gasteiger partial charge in [-0.3, -0.25) is 0 Å². The molecule has 0 fully saturated rings. The predicted molar refractivity (Wildman–Crippen MR) is 34.1 cm³/mol. The minimum absolute atomic E-state index is 0.0149. The van der Waals surface area contributed by atoms with E-state index in [0.717, 1.165) is 6.42 Å². The van der Waals surface area contributed by atoms with Crippen molar-refractivity contribution in [2.75, 3.05) is 6.61 Å². The summed E-state index contributed by atoms with van der Waals surface area (Å²) in [6, 6.07) is 0. The molecule has 1 nitrogen and oxygen atoms in total. The quantitative estimate of drug-likeness (QED) is 0.499. The van der Waals surface area contributed by atoms with Crippen LogP contribution in [0.25, 0.3) is 0 Å². The first-order valence-electron chi connectivity index (χ1n) is 2.81. The summed E-state index contributed by atoms with van der Waals surface area (Å²) in [5.41, 5.74) is -0.0816. The fraction of sp³-hybridized carbons (Fsp3) is 0.714. The maximum Gasteiger partial charge on any atom is 0.0876 e. The molecule has 0 N–H and O–H groups in total. The molecule has 0 amide bonds. The highest BCUT2D eigenvalue weighted by Crippen LogP contribution is 2.18. The van der Waals surface area contributed by atoms with Crippen LogP contribution in [0, 0.1) is 5.41 Å². The summed E-state index contributed by atoms with van der Waals surface area (Å²) in [6.45, 7) is 7.43. The van der Waals surface area contributed by atoms with Crippen LogP contribution in [0.2, 0.25) is 0 Å². The average Bonchev–Trinajstić information content (AvgIpc) is 1.67. The highest BCUT2D eigenvalue weighted by Gasteiger charge is 2.13. The number of hydrogen-bond donors (Lipinski definition) is 0. The van der Waals surface area contributed by atoms with Crippen LogP contribution in [0.5, 0.6) is 0 Å². The molecule has 0 heterocycles. The molecular weight excluding hydrogens is 100 g/mol. The Morgan fingerprint density at radius 1 is 1.62 bits per heavy atom. The molecule has 0 rings (SSSR count). The Balaban J connectivity index is 3.53. The third kappa shape index (κ3) is 2.80. The summed E-state index contributed by atoms with van der Waals surface area (Å²) in [5, 5.41) is 10.3. The lowest BCUT2D eigenvalue weighted by atomic mass is 9.91. The fourth-order valence-electron chi connectivity index (χ4n) is 0.450. The fourth-order valence-corrected chi connectivity index (χ4v) is 0.450. The Morgan fingerprint density at radius 2 is 2.12 bits per heavy atom. The van der Waals surface area contributed by atoms with Gasteiger partial charge in [-0.05, 0) is 11.8 Å². The zero-order valence-electron chi connectivity index (χ0n) is 5.61. The van der Waals surface area contributed by atoms with E-state index in [1.807, 2.05) is 13.8 Å². The number of hydrogen-bond acceptors (Lipinski definition) is 0. The SMILES string of the molecule is C=CCC(C)(C)C[O]. The van der Waals surface area contributed by atoms with Gasteiger partial charge in [0, 0.05) is 0 Å². The first kappa shape index (κ1) is 7.70. The van der Waals surface area contributed by atoms with E-state index in [9.17, 15) is 5.11 Å². The Bertz CT molecular complexity index is 74.5. The van der Waals surface area contributed by atoms with Crippen molar-refractivity contribution in [2.45, 2.75) is 20.3 Å². The largest absolute Gasteiger partial charge is 0.236 e. The molecule has 1 radical (unpaired) electrons. The van der Waals surface area contributed by atoms with Gasteiger partial charge < -0.3 is 0 Å². The van der Waals surface area contributed by atoms with Crippen LogP contribution in [-0.4, -0.2) is 6.61 Å². The normalized spacial score (nSPS) is 11.4. The molecule has 0 aliphatic rings. The minimum atomic E-state index is -0.0816. The molecule has 0 aromatic carbocycles. The van der Waals surface area contributed by atoms with Gasteiger partial charge in [0.05, 0.1) is 6.61 Å². The zero-order valence-corrected chi connectivity index (χ0v) is 5.61. The molecule has 47 valence electrons. The van der Waals surface area contributed by atoms with Crippen molar-refractivity contribution in [3.8, 4) is 0 Å². The molecule has 0 unspecified atom stereocenters. The molecule has 0 aliphatic carbocycles. The molecule has 0 bridgehead atoms. The van der Waals surface area contributed by atoms with Crippen molar-refractivity contribution in [1.82, 2.24) is 0 Å². The topological polar surface area (TPSA) is 19.9 Å². The van der Waals surface area contributed by atoms with Crippen LogP contribution in [0.1, 0.15) is 20.3 Å². The van der Waals surface area contributed by atoms with E-state index < -0.39 is 0 Å². The van der Waals surface area contributed by atoms with Crippen LogP contribution < -0.4 is 0 Å². The van der Waals surface area contributed by atoms with Crippen LogP contribution in [0.3, 0.4) is 0 Å². The molecule has 0 aromatic rings. The lowest BCUT2D eigenvalue weighted by Gasteiger charge is -2.16. The van der Waals surface area contributed by atoms with Crippen molar-refractivity contribution in [3.63, 3.8) is 0 Å². The van der Waals surface area contributed by atoms with Gasteiger partial charge in [0.1, 0.15) is 0 Å². The highest BCUT2D eigenvalue weighted by atomic mass is 16.3. The highest BCUT2D eigenvalue weighted by molar-refractivity contribution is 4.78. The summed E-state index contributed by atoms with van der Waals surface area (Å²) in [7, 11) is 0. The van der Waals surface area contributed by atoms with Gasteiger partial charge in [0.2, 0.25) is 0 Å². The van der Waals surface area contributed by atoms with Crippen LogP contribution >= 0.6 is 0 Å². The van der Waals surface area contributed by atoms with Crippen molar-refractivity contribution in [1.29, 1.82) is 0 Å². The molecule has 0 atom stereocenters. The van der Waals surface area contributed by atoms with E-state index in [4.69, 9.17) is 0 Å². The van der Waals surface area contributed by atoms with Crippen molar-refractivity contribution in [3.05, 3.63) is 12.7 Å². The Kier molecular flexibility index (Phi) is 2.77. The van der Waals surface area contributed by atoms with Crippen molar-refractivity contribution < 1.29 is 5.11 Å². The molecular formula is C7H13O. The van der Waals surface area contributed by atoms with E-state index in [0.29, 0.717) is 0 Å². The molecule has 0 aliphatic heterocycles. The minimum Gasteiger partial charge on any atom is -0.236 e. The molecule has 0 saturated heterocycles. The van der Waals surface area contributed by atoms with Gasteiger partial charge in [-0.15, -0.1) is 6.58 Å². The van der Waals surface area contributed by atoms with E-state index in [1.165, 1.54) is 0 Å². The van der Waals surface area contributed by atoms with Gasteiger partial charge in [0.25, 0.3) is 0 Å². The summed E-state index contributed by atoms with van der Waals surface area (Å²) >= 11 is 0. The van der Waals surface area contributed by atoms with Crippen molar-refractivity contribution in [2.24, 2.45) is 5.41 Å². The van der Waals surface area contributed by atoms with Crippen molar-refractivity contribution >= 4 is 0 Å². The summed E-state index contributed by atoms with van der Waals surface area (Å²) < 4.78 is 0. The van der Waals surface area contributed by atoms with Gasteiger partial charge in [-0.1, -0.05) is 19.9 Å². The summed E-state index contributed by atoms with van der Waals surface area (Å²) in [6.07, 6.45) is 2.61. The van der Waals surface area contributed by atoms with E-state index in [-0.39, 0.29) is 12.0 Å². The number of allylic oxidation sites excluding steroid dienone is 1. The molecule has 1 heteroatoms. The van der Waals surface area contributed by atoms with E-state index in [1.54, 1.807) is 6.08 Å².